The second-order valence-corrected chi connectivity index (χ2v) is 5.45. The number of hydrogen-bond donors (Lipinski definition) is 3. The Bertz CT molecular complexity index is 816. The fraction of sp³-hybridized carbons (Fsp3) is 0.105. The van der Waals surface area contributed by atoms with E-state index in [9.17, 15) is 24.6 Å². The second kappa shape index (κ2) is 8.48. The van der Waals surface area contributed by atoms with E-state index in [0.29, 0.717) is 0 Å². The predicted octanol–water partition coefficient (Wildman–Crippen LogP) is 2.40. The van der Waals surface area contributed by atoms with E-state index in [-0.39, 0.29) is 11.3 Å². The van der Waals surface area contributed by atoms with Gasteiger partial charge in [0.25, 0.3) is 5.91 Å². The number of carbonyl (C=O) groups is 3. The standard InChI is InChI=1S/C19H18N2O5/c1-21(16(23)12-7-13-5-3-2-4-6-13)19(26)20-17(18(24)25)14-8-10-15(22)11-9-14/h2-12,17,22H,1H3,(H,20,26)(H,24,25)/t17-/m1/s1. The number of carbonyl (C=O) groups excluding carboxylic acids is 2. The molecule has 0 bridgehead atoms. The second-order valence-electron chi connectivity index (χ2n) is 5.45. The van der Waals surface area contributed by atoms with E-state index in [1.165, 1.54) is 37.4 Å². The molecule has 0 saturated carbocycles. The minimum Gasteiger partial charge on any atom is -0.508 e. The Morgan fingerprint density at radius 1 is 1.04 bits per heavy atom. The number of nitrogens with zero attached hydrogens (tertiary/aromatic N) is 1. The summed E-state index contributed by atoms with van der Waals surface area (Å²) < 4.78 is 0. The molecule has 1 atom stereocenters. The zero-order valence-corrected chi connectivity index (χ0v) is 14.0. The molecule has 2 aromatic rings. The molecule has 7 heteroatoms. The lowest BCUT2D eigenvalue weighted by Gasteiger charge is -2.19. The lowest BCUT2D eigenvalue weighted by Crippen LogP contribution is -2.44. The van der Waals surface area contributed by atoms with Crippen LogP contribution in [0.15, 0.2) is 60.7 Å². The molecule has 0 unspecified atom stereocenters. The quantitative estimate of drug-likeness (QED) is 0.715. The molecule has 0 spiro atoms. The van der Waals surface area contributed by atoms with E-state index >= 15 is 0 Å². The Morgan fingerprint density at radius 2 is 1.65 bits per heavy atom. The normalized spacial score (nSPS) is 11.7. The van der Waals surface area contributed by atoms with Gasteiger partial charge >= 0.3 is 12.0 Å². The average molecular weight is 354 g/mol. The summed E-state index contributed by atoms with van der Waals surface area (Å²) in [5.74, 6) is -1.91. The highest BCUT2D eigenvalue weighted by atomic mass is 16.4. The predicted molar refractivity (Wildman–Crippen MR) is 95.3 cm³/mol. The molecule has 0 radical (unpaired) electrons. The van der Waals surface area contributed by atoms with Crippen LogP contribution in [0.25, 0.3) is 6.08 Å². The molecule has 2 aromatic carbocycles. The summed E-state index contributed by atoms with van der Waals surface area (Å²) in [6.07, 6.45) is 2.78. The van der Waals surface area contributed by atoms with Gasteiger partial charge in [-0.15, -0.1) is 0 Å². The van der Waals surface area contributed by atoms with Crippen LogP contribution in [0, 0.1) is 0 Å². The van der Waals surface area contributed by atoms with Gasteiger partial charge in [0.05, 0.1) is 0 Å². The molecule has 0 fully saturated rings. The number of phenols is 1. The van der Waals surface area contributed by atoms with Crippen LogP contribution in [0.4, 0.5) is 4.79 Å². The van der Waals surface area contributed by atoms with Crippen molar-refractivity contribution >= 4 is 24.0 Å². The van der Waals surface area contributed by atoms with Gasteiger partial charge in [-0.3, -0.25) is 9.69 Å². The number of aliphatic carboxylic acids is 1. The van der Waals surface area contributed by atoms with Crippen LogP contribution in [0.2, 0.25) is 0 Å². The van der Waals surface area contributed by atoms with Crippen molar-refractivity contribution in [3.8, 4) is 5.75 Å². The van der Waals surface area contributed by atoms with Gasteiger partial charge in [0, 0.05) is 13.1 Å². The number of carboxylic acid groups (broad SMARTS) is 1. The number of phenolic OH excluding ortho intramolecular Hbond substituents is 1. The summed E-state index contributed by atoms with van der Waals surface area (Å²) in [7, 11) is 1.25. The minimum absolute atomic E-state index is 0.0254. The van der Waals surface area contributed by atoms with E-state index in [1.54, 1.807) is 18.2 Å². The molecule has 134 valence electrons. The van der Waals surface area contributed by atoms with Crippen molar-refractivity contribution in [2.75, 3.05) is 7.05 Å². The first kappa shape index (κ1) is 18.7. The fourth-order valence-electron chi connectivity index (χ4n) is 2.12. The molecule has 0 saturated heterocycles. The third-order valence-electron chi connectivity index (χ3n) is 3.59. The number of hydrogen-bond acceptors (Lipinski definition) is 4. The minimum atomic E-state index is -1.35. The molecule has 3 N–H and O–H groups in total. The first-order chi connectivity index (χ1) is 12.4. The number of amides is 3. The first-order valence-corrected chi connectivity index (χ1v) is 7.71. The van der Waals surface area contributed by atoms with Gasteiger partial charge in [-0.2, -0.15) is 0 Å². The Hall–Kier alpha value is -3.61. The number of aromatic hydroxyl groups is 1. The van der Waals surface area contributed by atoms with E-state index in [4.69, 9.17) is 0 Å². The van der Waals surface area contributed by atoms with Crippen LogP contribution in [0.5, 0.6) is 5.75 Å². The molecule has 0 aliphatic rings. The molecule has 0 aromatic heterocycles. The Morgan fingerprint density at radius 3 is 2.23 bits per heavy atom. The van der Waals surface area contributed by atoms with Crippen LogP contribution < -0.4 is 5.32 Å². The molecule has 0 aliphatic heterocycles. The smallest absolute Gasteiger partial charge is 0.330 e. The number of urea groups is 1. The highest BCUT2D eigenvalue weighted by Crippen LogP contribution is 2.17. The van der Waals surface area contributed by atoms with Crippen LogP contribution in [-0.4, -0.2) is 40.1 Å². The third-order valence-corrected chi connectivity index (χ3v) is 3.59. The summed E-state index contributed by atoms with van der Waals surface area (Å²) in [6.45, 7) is 0. The van der Waals surface area contributed by atoms with Gasteiger partial charge in [-0.1, -0.05) is 42.5 Å². The van der Waals surface area contributed by atoms with Crippen molar-refractivity contribution in [2.24, 2.45) is 0 Å². The monoisotopic (exact) mass is 354 g/mol. The van der Waals surface area contributed by atoms with Gasteiger partial charge in [-0.05, 0) is 29.3 Å². The Kier molecular flexibility index (Phi) is 6.10. The van der Waals surface area contributed by atoms with Crippen molar-refractivity contribution in [2.45, 2.75) is 6.04 Å². The number of carboxylic acids is 1. The highest BCUT2D eigenvalue weighted by Gasteiger charge is 2.25. The molecule has 0 aliphatic carbocycles. The molecular formula is C19H18N2O5. The average Bonchev–Trinajstić information content (AvgIpc) is 2.64. The van der Waals surface area contributed by atoms with Crippen molar-refractivity contribution in [1.29, 1.82) is 0 Å². The summed E-state index contributed by atoms with van der Waals surface area (Å²) in [6, 6.07) is 12.3. The fourth-order valence-corrected chi connectivity index (χ4v) is 2.12. The summed E-state index contributed by atoms with van der Waals surface area (Å²) in [5, 5.41) is 20.9. The van der Waals surface area contributed by atoms with Crippen LogP contribution in [0.1, 0.15) is 17.2 Å². The van der Waals surface area contributed by atoms with E-state index in [0.717, 1.165) is 10.5 Å². The molecular weight excluding hydrogens is 336 g/mol. The van der Waals surface area contributed by atoms with E-state index in [2.05, 4.69) is 5.32 Å². The number of nitrogens with one attached hydrogen (secondary N) is 1. The van der Waals surface area contributed by atoms with E-state index in [1.807, 2.05) is 18.2 Å². The van der Waals surface area contributed by atoms with Gasteiger partial charge in [0.2, 0.25) is 0 Å². The zero-order valence-electron chi connectivity index (χ0n) is 14.0. The molecule has 0 heterocycles. The lowest BCUT2D eigenvalue weighted by atomic mass is 10.1. The Labute approximate surface area is 150 Å². The van der Waals surface area contributed by atoms with Gasteiger partial charge < -0.3 is 15.5 Å². The number of benzene rings is 2. The summed E-state index contributed by atoms with van der Waals surface area (Å²) in [4.78, 5) is 36.5. The van der Waals surface area contributed by atoms with Crippen LogP contribution in [0.3, 0.4) is 0 Å². The zero-order chi connectivity index (χ0) is 19.1. The number of rotatable bonds is 5. The van der Waals surface area contributed by atoms with E-state index < -0.39 is 23.9 Å². The SMILES string of the molecule is CN(C(=O)C=Cc1ccccc1)C(=O)N[C@@H](C(=O)O)c1ccc(O)cc1. The lowest BCUT2D eigenvalue weighted by molar-refractivity contribution is -0.139. The molecule has 26 heavy (non-hydrogen) atoms. The van der Waals surface area contributed by atoms with Crippen molar-refractivity contribution in [3.05, 3.63) is 71.8 Å². The Balaban J connectivity index is 2.06. The number of imide groups is 1. The maximum Gasteiger partial charge on any atom is 0.330 e. The van der Waals surface area contributed by atoms with Crippen LogP contribution in [-0.2, 0) is 9.59 Å². The topological polar surface area (TPSA) is 107 Å². The maximum absolute atomic E-state index is 12.2. The third kappa shape index (κ3) is 4.94. The largest absolute Gasteiger partial charge is 0.508 e. The molecule has 3 amide bonds. The number of likely N-dealkylation sites (N-methyl/N-ethyl adjacent to an activating group) is 1. The van der Waals surface area contributed by atoms with Gasteiger partial charge in [0.1, 0.15) is 5.75 Å². The van der Waals surface area contributed by atoms with Gasteiger partial charge in [-0.25, -0.2) is 9.59 Å². The van der Waals surface area contributed by atoms with Crippen molar-refractivity contribution in [3.63, 3.8) is 0 Å². The maximum atomic E-state index is 12.2. The van der Waals surface area contributed by atoms with Crippen molar-refractivity contribution < 1.29 is 24.6 Å². The first-order valence-electron chi connectivity index (χ1n) is 7.71. The van der Waals surface area contributed by atoms with Gasteiger partial charge in [0.15, 0.2) is 6.04 Å². The highest BCUT2D eigenvalue weighted by molar-refractivity contribution is 6.02. The molecule has 7 nitrogen and oxygen atoms in total. The summed E-state index contributed by atoms with van der Waals surface area (Å²) in [5.41, 5.74) is 1.06. The summed E-state index contributed by atoms with van der Waals surface area (Å²) >= 11 is 0. The molecule has 2 rings (SSSR count). The van der Waals surface area contributed by atoms with Crippen LogP contribution >= 0.6 is 0 Å². The van der Waals surface area contributed by atoms with Crippen molar-refractivity contribution in [1.82, 2.24) is 10.2 Å².